The number of anilines is 2. The normalized spacial score (nSPS) is 14.6. The lowest BCUT2D eigenvalue weighted by Gasteiger charge is -2.36. The summed E-state index contributed by atoms with van der Waals surface area (Å²) in [4.78, 5) is 37.7. The Morgan fingerprint density at radius 1 is 1.12 bits per heavy atom. The summed E-state index contributed by atoms with van der Waals surface area (Å²) >= 11 is 0. The van der Waals surface area contributed by atoms with E-state index in [0.29, 0.717) is 47.6 Å². The van der Waals surface area contributed by atoms with Crippen molar-refractivity contribution in [1.29, 1.82) is 0 Å². The van der Waals surface area contributed by atoms with Gasteiger partial charge in [0.05, 0.1) is 41.9 Å². The Balaban J connectivity index is 1.40. The monoisotopic (exact) mass is 464 g/mol. The van der Waals surface area contributed by atoms with Crippen LogP contribution in [0.25, 0.3) is 17.0 Å². The second-order valence-electron chi connectivity index (χ2n) is 8.48. The molecule has 34 heavy (non-hydrogen) atoms. The van der Waals surface area contributed by atoms with E-state index < -0.39 is 17.1 Å². The van der Waals surface area contributed by atoms with Gasteiger partial charge in [-0.15, -0.1) is 0 Å². The number of halogens is 1. The maximum atomic E-state index is 14.7. The van der Waals surface area contributed by atoms with Crippen LogP contribution in [0.15, 0.2) is 41.2 Å². The molecule has 3 aromatic heterocycles. The number of imidazole rings is 1. The first-order chi connectivity index (χ1) is 16.2. The Labute approximate surface area is 193 Å². The number of benzene rings is 1. The van der Waals surface area contributed by atoms with Crippen LogP contribution in [-0.4, -0.2) is 44.4 Å². The second-order valence-corrected chi connectivity index (χ2v) is 8.48. The topological polar surface area (TPSA) is 124 Å². The van der Waals surface area contributed by atoms with Crippen molar-refractivity contribution in [1.82, 2.24) is 19.4 Å². The molecule has 0 saturated carbocycles. The molecule has 0 atom stereocenters. The fourth-order valence-electron chi connectivity index (χ4n) is 3.63. The molecule has 4 heterocycles. The van der Waals surface area contributed by atoms with E-state index in [1.54, 1.807) is 30.6 Å². The summed E-state index contributed by atoms with van der Waals surface area (Å²) in [5.41, 5.74) is 1.24. The van der Waals surface area contributed by atoms with Crippen LogP contribution in [0, 0.1) is 25.1 Å². The third kappa shape index (κ3) is 3.90. The Morgan fingerprint density at radius 2 is 1.91 bits per heavy atom. The van der Waals surface area contributed by atoms with Gasteiger partial charge in [-0.1, -0.05) is 0 Å². The molecule has 0 radical (unpaired) electrons. The van der Waals surface area contributed by atoms with Crippen molar-refractivity contribution in [3.8, 4) is 11.3 Å². The van der Waals surface area contributed by atoms with Crippen LogP contribution in [-0.2, 0) is 9.53 Å². The summed E-state index contributed by atoms with van der Waals surface area (Å²) in [6.45, 7) is 5.88. The summed E-state index contributed by atoms with van der Waals surface area (Å²) in [5.74, 6) is -0.361. The lowest BCUT2D eigenvalue weighted by Crippen LogP contribution is -2.49. The molecule has 0 unspecified atom stereocenters. The molecule has 1 aromatic carbocycles. The van der Waals surface area contributed by atoms with Crippen molar-refractivity contribution < 1.29 is 23.1 Å². The van der Waals surface area contributed by atoms with E-state index in [-0.39, 0.29) is 17.2 Å². The molecule has 0 bridgehead atoms. The third-order valence-electron chi connectivity index (χ3n) is 5.57. The lowest BCUT2D eigenvalue weighted by molar-refractivity contribution is -0.151. The first-order valence-electron chi connectivity index (χ1n) is 10.5. The minimum absolute atomic E-state index is 0.0946. The van der Waals surface area contributed by atoms with E-state index in [1.165, 1.54) is 24.4 Å². The summed E-state index contributed by atoms with van der Waals surface area (Å²) in [7, 11) is 0. The van der Waals surface area contributed by atoms with E-state index in [2.05, 4.69) is 25.6 Å². The fourth-order valence-corrected chi connectivity index (χ4v) is 3.63. The number of hydrogen-bond donors (Lipinski definition) is 2. The quantitative estimate of drug-likeness (QED) is 0.464. The van der Waals surface area contributed by atoms with E-state index in [9.17, 15) is 14.0 Å². The number of oxazole rings is 1. The van der Waals surface area contributed by atoms with E-state index >= 15 is 0 Å². The first-order valence-corrected chi connectivity index (χ1v) is 10.5. The number of carbonyl (C=O) groups is 2. The number of carbonyl (C=O) groups excluding carboxylic acids is 2. The van der Waals surface area contributed by atoms with E-state index in [4.69, 9.17) is 9.15 Å². The first kappa shape index (κ1) is 21.7. The highest BCUT2D eigenvalue weighted by Gasteiger charge is 2.41. The molecule has 1 aliphatic rings. The summed E-state index contributed by atoms with van der Waals surface area (Å²) in [6, 6.07) is 4.17. The molecule has 0 spiro atoms. The Kier molecular flexibility index (Phi) is 5.13. The van der Waals surface area contributed by atoms with Crippen molar-refractivity contribution in [3.05, 3.63) is 60.0 Å². The summed E-state index contributed by atoms with van der Waals surface area (Å²) < 4.78 is 26.7. The van der Waals surface area contributed by atoms with E-state index in [0.717, 1.165) is 0 Å². The second kappa shape index (κ2) is 8.03. The van der Waals surface area contributed by atoms with Crippen LogP contribution < -0.4 is 10.6 Å². The smallest absolute Gasteiger partial charge is 0.293 e. The lowest BCUT2D eigenvalue weighted by atomic mass is 9.87. The van der Waals surface area contributed by atoms with Gasteiger partial charge in [0, 0.05) is 30.6 Å². The number of ether oxygens (including phenoxy) is 1. The standard InChI is InChI=1S/C23H21FN6O4/c1-12-19(34-13(2)26-12)20(31)27-14-4-5-17(24)16(6-14)18-9-30-8-15(7-25-22(30)29-18)28-21(32)23(3)10-33-11-23/h4-9H,10-11H2,1-3H3,(H,27,31)(H,28,32). The van der Waals surface area contributed by atoms with Gasteiger partial charge in [0.25, 0.3) is 5.91 Å². The Morgan fingerprint density at radius 3 is 2.59 bits per heavy atom. The van der Waals surface area contributed by atoms with Crippen molar-refractivity contribution in [2.45, 2.75) is 20.8 Å². The minimum atomic E-state index is -0.563. The van der Waals surface area contributed by atoms with Crippen LogP contribution in [0.3, 0.4) is 0 Å². The predicted octanol–water partition coefficient (Wildman–Crippen LogP) is 3.37. The average Bonchev–Trinajstić information content (AvgIpc) is 3.35. The highest BCUT2D eigenvalue weighted by molar-refractivity contribution is 6.03. The molecule has 0 aliphatic carbocycles. The number of nitrogens with one attached hydrogen (secondary N) is 2. The van der Waals surface area contributed by atoms with Crippen molar-refractivity contribution >= 4 is 29.0 Å². The molecular weight excluding hydrogens is 443 g/mol. The Bertz CT molecular complexity index is 1440. The molecule has 2 N–H and O–H groups in total. The van der Waals surface area contributed by atoms with Gasteiger partial charge in [-0.25, -0.2) is 19.3 Å². The molecule has 1 saturated heterocycles. The maximum absolute atomic E-state index is 14.7. The summed E-state index contributed by atoms with van der Waals surface area (Å²) in [5, 5.41) is 5.52. The van der Waals surface area contributed by atoms with Gasteiger partial charge in [-0.2, -0.15) is 0 Å². The van der Waals surface area contributed by atoms with Crippen molar-refractivity contribution in [3.63, 3.8) is 0 Å². The number of aryl methyl sites for hydroxylation is 2. The van der Waals surface area contributed by atoms with Gasteiger partial charge in [0.2, 0.25) is 17.4 Å². The number of nitrogens with zero attached hydrogens (tertiary/aromatic N) is 4. The SMILES string of the molecule is Cc1nc(C)c(C(=O)Nc2ccc(F)c(-c3cn4cc(NC(=O)C5(C)COC5)cnc4n3)c2)o1. The van der Waals surface area contributed by atoms with Crippen LogP contribution in [0.2, 0.25) is 0 Å². The maximum Gasteiger partial charge on any atom is 0.293 e. The van der Waals surface area contributed by atoms with Gasteiger partial charge in [0.15, 0.2) is 5.89 Å². The largest absolute Gasteiger partial charge is 0.436 e. The zero-order valence-electron chi connectivity index (χ0n) is 18.7. The third-order valence-corrected chi connectivity index (χ3v) is 5.57. The molecule has 1 aliphatic heterocycles. The molecule has 1 fully saturated rings. The zero-order valence-corrected chi connectivity index (χ0v) is 18.7. The predicted molar refractivity (Wildman–Crippen MR) is 120 cm³/mol. The molecule has 2 amide bonds. The molecule has 11 heteroatoms. The minimum Gasteiger partial charge on any atom is -0.436 e. The number of rotatable bonds is 5. The molecule has 4 aromatic rings. The zero-order chi connectivity index (χ0) is 24.0. The number of amides is 2. The number of aromatic nitrogens is 4. The Hall–Kier alpha value is -4.12. The van der Waals surface area contributed by atoms with Crippen LogP contribution in [0.5, 0.6) is 0 Å². The van der Waals surface area contributed by atoms with Crippen molar-refractivity contribution in [2.24, 2.45) is 5.41 Å². The van der Waals surface area contributed by atoms with Gasteiger partial charge in [0.1, 0.15) is 5.82 Å². The molecule has 5 rings (SSSR count). The highest BCUT2D eigenvalue weighted by Crippen LogP contribution is 2.29. The average molecular weight is 464 g/mol. The van der Waals surface area contributed by atoms with Gasteiger partial charge in [-0.3, -0.25) is 14.0 Å². The van der Waals surface area contributed by atoms with E-state index in [1.807, 2.05) is 6.92 Å². The van der Waals surface area contributed by atoms with Gasteiger partial charge >= 0.3 is 0 Å². The highest BCUT2D eigenvalue weighted by atomic mass is 19.1. The van der Waals surface area contributed by atoms with Gasteiger partial charge in [-0.05, 0) is 32.0 Å². The van der Waals surface area contributed by atoms with Crippen LogP contribution in [0.4, 0.5) is 15.8 Å². The van der Waals surface area contributed by atoms with Crippen molar-refractivity contribution in [2.75, 3.05) is 23.8 Å². The fraction of sp³-hybridized carbons (Fsp3) is 0.261. The number of fused-ring (bicyclic) bond motifs is 1. The molecular formula is C23H21FN6O4. The molecule has 174 valence electrons. The van der Waals surface area contributed by atoms with Crippen LogP contribution >= 0.6 is 0 Å². The number of hydrogen-bond acceptors (Lipinski definition) is 7. The summed E-state index contributed by atoms with van der Waals surface area (Å²) in [6.07, 6.45) is 4.74. The van der Waals surface area contributed by atoms with Gasteiger partial charge < -0.3 is 19.8 Å². The molecule has 10 nitrogen and oxygen atoms in total. The van der Waals surface area contributed by atoms with Crippen LogP contribution in [0.1, 0.15) is 29.1 Å².